The maximum Gasteiger partial charge on any atom is 0.357 e. The van der Waals surface area contributed by atoms with Gasteiger partial charge in [0, 0.05) is 25.1 Å². The highest BCUT2D eigenvalue weighted by atomic mass is 16.6. The molecular weight excluding hydrogens is 298 g/mol. The summed E-state index contributed by atoms with van der Waals surface area (Å²) in [5.41, 5.74) is 0.00540. The molecule has 0 amide bonds. The molecule has 0 spiro atoms. The fourth-order valence-electron chi connectivity index (χ4n) is 3.08. The lowest BCUT2D eigenvalue weighted by Gasteiger charge is -2.16. The second kappa shape index (κ2) is 6.37. The van der Waals surface area contributed by atoms with E-state index in [1.165, 1.54) is 4.57 Å². The van der Waals surface area contributed by atoms with Crippen molar-refractivity contribution in [2.45, 2.75) is 32.4 Å². The molecule has 2 aromatic rings. The maximum absolute atomic E-state index is 12.5. The molecule has 2 heterocycles. The summed E-state index contributed by atoms with van der Waals surface area (Å²) in [5.74, 6) is 0. The molecule has 3 rings (SSSR count). The van der Waals surface area contributed by atoms with Crippen LogP contribution in [0.3, 0.4) is 0 Å². The molecule has 1 aromatic carbocycles. The molecule has 0 saturated carbocycles. The van der Waals surface area contributed by atoms with Crippen LogP contribution >= 0.6 is 0 Å². The smallest absolute Gasteiger partial charge is 0.357 e. The van der Waals surface area contributed by atoms with Crippen molar-refractivity contribution in [2.75, 3.05) is 18.5 Å². The fourth-order valence-corrected chi connectivity index (χ4v) is 3.08. The van der Waals surface area contributed by atoms with E-state index in [4.69, 9.17) is 4.74 Å². The van der Waals surface area contributed by atoms with Crippen LogP contribution in [0.1, 0.15) is 19.8 Å². The average molecular weight is 317 g/mol. The summed E-state index contributed by atoms with van der Waals surface area (Å²) in [5, 5.41) is 15.2. The highest BCUT2D eigenvalue weighted by Gasteiger charge is 2.26. The number of ether oxygens (including phenoxy) is 1. The molecule has 122 valence electrons. The van der Waals surface area contributed by atoms with Crippen molar-refractivity contribution in [1.82, 2.24) is 4.57 Å². The zero-order chi connectivity index (χ0) is 16.4. The third-order valence-electron chi connectivity index (χ3n) is 4.18. The lowest BCUT2D eigenvalue weighted by atomic mass is 10.1. The third-order valence-corrected chi connectivity index (χ3v) is 4.18. The highest BCUT2D eigenvalue weighted by Crippen LogP contribution is 2.30. The zero-order valence-electron chi connectivity index (χ0n) is 12.9. The van der Waals surface area contributed by atoms with E-state index < -0.39 is 16.2 Å². The highest BCUT2D eigenvalue weighted by molar-refractivity contribution is 5.96. The predicted molar refractivity (Wildman–Crippen MR) is 88.0 cm³/mol. The molecule has 0 aliphatic carbocycles. The van der Waals surface area contributed by atoms with Crippen molar-refractivity contribution in [3.63, 3.8) is 0 Å². The quantitative estimate of drug-likeness (QED) is 0.676. The number of fused-ring (bicyclic) bond motifs is 1. The molecule has 1 N–H and O–H groups in total. The number of anilines is 1. The molecule has 7 heteroatoms. The van der Waals surface area contributed by atoms with Crippen LogP contribution in [0.2, 0.25) is 0 Å². The SMILES string of the molecule is CCn1c(=O)c([N+](=O)[O-])c(NC[C@@H]2CCCO2)c2ccccc21. The zero-order valence-corrected chi connectivity index (χ0v) is 12.9. The number of nitrogens with zero attached hydrogens (tertiary/aromatic N) is 2. The minimum Gasteiger partial charge on any atom is -0.376 e. The normalized spacial score (nSPS) is 17.5. The standard InChI is InChI=1S/C16H19N3O4/c1-2-18-13-8-4-3-7-12(13)14(15(16(18)20)19(21)22)17-10-11-6-5-9-23-11/h3-4,7-8,11,17H,2,5-6,9-10H2,1H3/t11-/m0/s1. The minimum absolute atomic E-state index is 0.0296. The summed E-state index contributed by atoms with van der Waals surface area (Å²) in [6, 6.07) is 7.24. The molecule has 0 bridgehead atoms. The van der Waals surface area contributed by atoms with Gasteiger partial charge in [-0.2, -0.15) is 0 Å². The Bertz CT molecular complexity index is 794. The molecule has 7 nitrogen and oxygen atoms in total. The Morgan fingerprint density at radius 2 is 2.22 bits per heavy atom. The number of hydrogen-bond donors (Lipinski definition) is 1. The van der Waals surface area contributed by atoms with E-state index in [1.54, 1.807) is 19.1 Å². The molecule has 1 saturated heterocycles. The molecule has 1 fully saturated rings. The van der Waals surface area contributed by atoms with E-state index in [-0.39, 0.29) is 11.8 Å². The number of nitro groups is 1. The monoisotopic (exact) mass is 317 g/mol. The summed E-state index contributed by atoms with van der Waals surface area (Å²) in [7, 11) is 0. The summed E-state index contributed by atoms with van der Waals surface area (Å²) in [4.78, 5) is 23.4. The van der Waals surface area contributed by atoms with Crippen molar-refractivity contribution in [1.29, 1.82) is 0 Å². The van der Waals surface area contributed by atoms with Crippen LogP contribution in [0, 0.1) is 10.1 Å². The van der Waals surface area contributed by atoms with E-state index in [0.29, 0.717) is 30.6 Å². The maximum atomic E-state index is 12.5. The van der Waals surface area contributed by atoms with E-state index in [1.807, 2.05) is 12.1 Å². The van der Waals surface area contributed by atoms with Gasteiger partial charge < -0.3 is 14.6 Å². The number of aromatic nitrogens is 1. The van der Waals surface area contributed by atoms with Crippen LogP contribution in [-0.4, -0.2) is 28.7 Å². The van der Waals surface area contributed by atoms with Gasteiger partial charge in [-0.05, 0) is 25.8 Å². The van der Waals surface area contributed by atoms with Gasteiger partial charge in [0.15, 0.2) is 0 Å². The molecular formula is C16H19N3O4. The van der Waals surface area contributed by atoms with Gasteiger partial charge in [0.25, 0.3) is 0 Å². The number of rotatable bonds is 5. The summed E-state index contributed by atoms with van der Waals surface area (Å²) >= 11 is 0. The molecule has 0 unspecified atom stereocenters. The molecule has 1 aromatic heterocycles. The van der Waals surface area contributed by atoms with Gasteiger partial charge in [-0.3, -0.25) is 14.9 Å². The Balaban J connectivity index is 2.14. The topological polar surface area (TPSA) is 86.4 Å². The van der Waals surface area contributed by atoms with Crippen LogP contribution in [0.15, 0.2) is 29.1 Å². The molecule has 23 heavy (non-hydrogen) atoms. The van der Waals surface area contributed by atoms with Gasteiger partial charge in [-0.25, -0.2) is 0 Å². The molecule has 1 aliphatic rings. The van der Waals surface area contributed by atoms with Crippen molar-refractivity contribution < 1.29 is 9.66 Å². The van der Waals surface area contributed by atoms with Gasteiger partial charge in [-0.1, -0.05) is 18.2 Å². The summed E-state index contributed by atoms with van der Waals surface area (Å²) in [6.45, 7) is 3.36. The predicted octanol–water partition coefficient (Wildman–Crippen LogP) is 2.52. The Hall–Kier alpha value is -2.41. The van der Waals surface area contributed by atoms with Crippen molar-refractivity contribution >= 4 is 22.3 Å². The van der Waals surface area contributed by atoms with Gasteiger partial charge in [-0.15, -0.1) is 0 Å². The van der Waals surface area contributed by atoms with E-state index >= 15 is 0 Å². The largest absolute Gasteiger partial charge is 0.376 e. The number of benzene rings is 1. The number of para-hydroxylation sites is 1. The third kappa shape index (κ3) is 2.79. The van der Waals surface area contributed by atoms with Gasteiger partial charge in [0.05, 0.1) is 16.5 Å². The summed E-state index contributed by atoms with van der Waals surface area (Å²) < 4.78 is 6.98. The van der Waals surface area contributed by atoms with Gasteiger partial charge in [0.2, 0.25) is 0 Å². The fraction of sp³-hybridized carbons (Fsp3) is 0.438. The van der Waals surface area contributed by atoms with Crippen molar-refractivity contribution in [3.8, 4) is 0 Å². The number of hydrogen-bond acceptors (Lipinski definition) is 5. The van der Waals surface area contributed by atoms with Gasteiger partial charge in [0.1, 0.15) is 5.69 Å². The molecule has 0 radical (unpaired) electrons. The first kappa shape index (κ1) is 15.5. The lowest BCUT2D eigenvalue weighted by Crippen LogP contribution is -2.26. The van der Waals surface area contributed by atoms with E-state index in [0.717, 1.165) is 12.8 Å². The Morgan fingerprint density at radius 1 is 1.43 bits per heavy atom. The van der Waals surface area contributed by atoms with E-state index in [2.05, 4.69) is 5.32 Å². The van der Waals surface area contributed by atoms with Crippen LogP contribution in [0.25, 0.3) is 10.9 Å². The minimum atomic E-state index is -0.598. The van der Waals surface area contributed by atoms with Crippen LogP contribution in [0.4, 0.5) is 11.4 Å². The second-order valence-corrected chi connectivity index (χ2v) is 5.56. The Labute approximate surface area is 133 Å². The number of pyridine rings is 1. The van der Waals surface area contributed by atoms with Gasteiger partial charge >= 0.3 is 11.2 Å². The second-order valence-electron chi connectivity index (χ2n) is 5.56. The Morgan fingerprint density at radius 3 is 2.87 bits per heavy atom. The first-order valence-corrected chi connectivity index (χ1v) is 7.79. The first-order chi connectivity index (χ1) is 11.1. The number of aryl methyl sites for hydroxylation is 1. The van der Waals surface area contributed by atoms with Crippen molar-refractivity contribution in [3.05, 3.63) is 44.7 Å². The van der Waals surface area contributed by atoms with Crippen LogP contribution < -0.4 is 10.9 Å². The lowest BCUT2D eigenvalue weighted by molar-refractivity contribution is -0.385. The van der Waals surface area contributed by atoms with Crippen molar-refractivity contribution in [2.24, 2.45) is 0 Å². The number of nitrogens with one attached hydrogen (secondary N) is 1. The Kier molecular flexibility index (Phi) is 4.29. The van der Waals surface area contributed by atoms with Crippen LogP contribution in [0.5, 0.6) is 0 Å². The average Bonchev–Trinajstić information content (AvgIpc) is 3.05. The molecule has 1 aliphatic heterocycles. The van der Waals surface area contributed by atoms with Crippen LogP contribution in [-0.2, 0) is 11.3 Å². The summed E-state index contributed by atoms with van der Waals surface area (Å²) in [6.07, 6.45) is 1.94. The van der Waals surface area contributed by atoms with E-state index in [9.17, 15) is 14.9 Å². The molecule has 1 atom stereocenters. The first-order valence-electron chi connectivity index (χ1n) is 7.79.